The van der Waals surface area contributed by atoms with E-state index >= 15 is 0 Å². The minimum Gasteiger partial charge on any atom is -0.493 e. The van der Waals surface area contributed by atoms with Gasteiger partial charge in [-0.15, -0.1) is 0 Å². The van der Waals surface area contributed by atoms with Crippen LogP contribution in [-0.4, -0.2) is 43.3 Å². The molecule has 0 spiro atoms. The van der Waals surface area contributed by atoms with Crippen LogP contribution < -0.4 is 10.5 Å². The average Bonchev–Trinajstić information content (AvgIpc) is 3.16. The van der Waals surface area contributed by atoms with Crippen molar-refractivity contribution >= 4 is 0 Å². The van der Waals surface area contributed by atoms with Crippen LogP contribution in [0.1, 0.15) is 36.4 Å². The Morgan fingerprint density at radius 3 is 3.14 bits per heavy atom. The summed E-state index contributed by atoms with van der Waals surface area (Å²) in [6.45, 7) is 3.32. The van der Waals surface area contributed by atoms with Gasteiger partial charge in [-0.1, -0.05) is 12.1 Å². The largest absolute Gasteiger partial charge is 0.493 e. The number of nitrogens with two attached hydrogens (primary N) is 1. The summed E-state index contributed by atoms with van der Waals surface area (Å²) >= 11 is 0. The predicted octanol–water partition coefficient (Wildman–Crippen LogP) is 1.87. The van der Waals surface area contributed by atoms with Gasteiger partial charge in [0.1, 0.15) is 5.75 Å². The van der Waals surface area contributed by atoms with E-state index in [9.17, 15) is 0 Å². The van der Waals surface area contributed by atoms with Gasteiger partial charge in [0.05, 0.1) is 19.3 Å². The zero-order valence-electron chi connectivity index (χ0n) is 12.5. The Balaban J connectivity index is 1.61. The highest BCUT2D eigenvalue weighted by molar-refractivity contribution is 5.41. The Kier molecular flexibility index (Phi) is 3.61. The summed E-state index contributed by atoms with van der Waals surface area (Å²) in [5.41, 5.74) is 8.83. The van der Waals surface area contributed by atoms with E-state index in [0.29, 0.717) is 24.7 Å². The fourth-order valence-corrected chi connectivity index (χ4v) is 4.22. The lowest BCUT2D eigenvalue weighted by Crippen LogP contribution is -2.51. The van der Waals surface area contributed by atoms with Crippen LogP contribution in [0, 0.1) is 0 Å². The van der Waals surface area contributed by atoms with Gasteiger partial charge in [-0.25, -0.2) is 0 Å². The predicted molar refractivity (Wildman–Crippen MR) is 81.5 cm³/mol. The maximum Gasteiger partial charge on any atom is 0.122 e. The molecule has 1 saturated carbocycles. The summed E-state index contributed by atoms with van der Waals surface area (Å²) in [6, 6.07) is 7.48. The Labute approximate surface area is 126 Å². The summed E-state index contributed by atoms with van der Waals surface area (Å²) in [7, 11) is 0. The Morgan fingerprint density at radius 2 is 2.24 bits per heavy atom. The average molecular weight is 288 g/mol. The van der Waals surface area contributed by atoms with Crippen LogP contribution in [0.5, 0.6) is 5.75 Å². The molecule has 0 aromatic heterocycles. The first-order chi connectivity index (χ1) is 10.4. The summed E-state index contributed by atoms with van der Waals surface area (Å²) in [4.78, 5) is 2.60. The molecule has 2 aliphatic heterocycles. The van der Waals surface area contributed by atoms with Crippen molar-refractivity contribution in [2.24, 2.45) is 5.73 Å². The lowest BCUT2D eigenvalue weighted by Gasteiger charge is -2.42. The third kappa shape index (κ3) is 2.35. The molecule has 4 heteroatoms. The van der Waals surface area contributed by atoms with E-state index in [-0.39, 0.29) is 0 Å². The topological polar surface area (TPSA) is 47.7 Å². The molecule has 1 aliphatic carbocycles. The number of morpholine rings is 1. The molecule has 1 saturated heterocycles. The van der Waals surface area contributed by atoms with Gasteiger partial charge in [0.2, 0.25) is 0 Å². The van der Waals surface area contributed by atoms with E-state index in [1.807, 2.05) is 0 Å². The maximum absolute atomic E-state index is 6.15. The fraction of sp³-hybridized carbons (Fsp3) is 0.647. The van der Waals surface area contributed by atoms with Crippen molar-refractivity contribution < 1.29 is 9.47 Å². The molecule has 3 unspecified atom stereocenters. The van der Waals surface area contributed by atoms with Gasteiger partial charge in [-0.3, -0.25) is 4.90 Å². The van der Waals surface area contributed by atoms with Crippen LogP contribution in [0.3, 0.4) is 0 Å². The number of hydrogen-bond donors (Lipinski definition) is 1. The molecule has 21 heavy (non-hydrogen) atoms. The van der Waals surface area contributed by atoms with Crippen molar-refractivity contribution in [3.05, 3.63) is 29.3 Å². The van der Waals surface area contributed by atoms with E-state index in [2.05, 4.69) is 23.1 Å². The first-order valence-electron chi connectivity index (χ1n) is 8.20. The fourth-order valence-electron chi connectivity index (χ4n) is 4.22. The first kappa shape index (κ1) is 13.6. The number of rotatable bonds is 3. The summed E-state index contributed by atoms with van der Waals surface area (Å²) in [5, 5.41) is 0. The molecule has 0 amide bonds. The lowest BCUT2D eigenvalue weighted by molar-refractivity contribution is -0.0711. The smallest absolute Gasteiger partial charge is 0.122 e. The molecule has 1 aromatic carbocycles. The van der Waals surface area contributed by atoms with Crippen molar-refractivity contribution in [3.63, 3.8) is 0 Å². The van der Waals surface area contributed by atoms with Crippen molar-refractivity contribution in [2.75, 3.05) is 26.3 Å². The zero-order valence-corrected chi connectivity index (χ0v) is 12.5. The number of hydrogen-bond acceptors (Lipinski definition) is 4. The molecule has 114 valence electrons. The second kappa shape index (κ2) is 5.59. The zero-order chi connectivity index (χ0) is 14.2. The van der Waals surface area contributed by atoms with Gasteiger partial charge in [-0.05, 0) is 36.5 Å². The van der Waals surface area contributed by atoms with Crippen LogP contribution in [0.4, 0.5) is 0 Å². The van der Waals surface area contributed by atoms with Crippen LogP contribution in [0.2, 0.25) is 0 Å². The monoisotopic (exact) mass is 288 g/mol. The second-order valence-electron chi connectivity index (χ2n) is 6.36. The molecule has 4 rings (SSSR count). The van der Waals surface area contributed by atoms with E-state index < -0.39 is 0 Å². The maximum atomic E-state index is 6.15. The molecular formula is C17H24N2O2. The highest BCUT2D eigenvalue weighted by Gasteiger charge is 2.39. The number of ether oxygens (including phenoxy) is 2. The molecule has 1 aromatic rings. The second-order valence-corrected chi connectivity index (χ2v) is 6.36. The molecule has 0 radical (unpaired) electrons. The highest BCUT2D eigenvalue weighted by Crippen LogP contribution is 2.36. The third-order valence-electron chi connectivity index (χ3n) is 5.25. The third-order valence-corrected chi connectivity index (χ3v) is 5.25. The van der Waals surface area contributed by atoms with Gasteiger partial charge in [0.15, 0.2) is 0 Å². The minimum absolute atomic E-state index is 0.311. The quantitative estimate of drug-likeness (QED) is 0.922. The van der Waals surface area contributed by atoms with Crippen molar-refractivity contribution in [2.45, 2.75) is 43.9 Å². The molecule has 0 bridgehead atoms. The van der Waals surface area contributed by atoms with Gasteiger partial charge in [0.25, 0.3) is 0 Å². The van der Waals surface area contributed by atoms with Crippen LogP contribution >= 0.6 is 0 Å². The van der Waals surface area contributed by atoms with Gasteiger partial charge in [0, 0.05) is 31.6 Å². The Morgan fingerprint density at radius 1 is 1.29 bits per heavy atom. The molecule has 3 aliphatic rings. The number of nitrogens with zero attached hydrogens (tertiary/aromatic N) is 1. The van der Waals surface area contributed by atoms with Gasteiger partial charge in [-0.2, -0.15) is 0 Å². The van der Waals surface area contributed by atoms with E-state index in [1.54, 1.807) is 0 Å². The van der Waals surface area contributed by atoms with Gasteiger partial charge < -0.3 is 15.2 Å². The highest BCUT2D eigenvalue weighted by atomic mass is 16.5. The van der Waals surface area contributed by atoms with Crippen molar-refractivity contribution in [1.82, 2.24) is 4.90 Å². The molecule has 4 nitrogen and oxygen atoms in total. The Bertz CT molecular complexity index is 520. The summed E-state index contributed by atoms with van der Waals surface area (Å²) in [5.74, 6) is 1.05. The molecule has 3 atom stereocenters. The van der Waals surface area contributed by atoms with Crippen LogP contribution in [0.15, 0.2) is 18.2 Å². The molecule has 2 fully saturated rings. The van der Waals surface area contributed by atoms with E-state index in [4.69, 9.17) is 15.2 Å². The van der Waals surface area contributed by atoms with E-state index in [1.165, 1.54) is 30.4 Å². The lowest BCUT2D eigenvalue weighted by atomic mass is 9.98. The van der Waals surface area contributed by atoms with Crippen LogP contribution in [0.25, 0.3) is 0 Å². The Hall–Kier alpha value is -1.10. The van der Waals surface area contributed by atoms with E-state index in [0.717, 1.165) is 31.9 Å². The SMILES string of the molecule is NCC(c1ccc2c(c1)CCO2)N1CCOC2CCCC21. The first-order valence-corrected chi connectivity index (χ1v) is 8.20. The van der Waals surface area contributed by atoms with Gasteiger partial charge >= 0.3 is 0 Å². The van der Waals surface area contributed by atoms with Crippen LogP contribution in [-0.2, 0) is 11.2 Å². The van der Waals surface area contributed by atoms with Crippen molar-refractivity contribution in [3.8, 4) is 5.75 Å². The van der Waals surface area contributed by atoms with Crippen molar-refractivity contribution in [1.29, 1.82) is 0 Å². The number of benzene rings is 1. The standard InChI is InChI=1S/C17H24N2O2/c18-11-15(12-4-5-16-13(10-12)6-8-20-16)19-7-9-21-17-3-1-2-14(17)19/h4-5,10,14-15,17H,1-3,6-9,11,18H2. The normalized spacial score (nSPS) is 29.8. The minimum atomic E-state index is 0.311. The summed E-state index contributed by atoms with van der Waals surface area (Å²) in [6.07, 6.45) is 5.17. The summed E-state index contributed by atoms with van der Waals surface area (Å²) < 4.78 is 11.6. The molecular weight excluding hydrogens is 264 g/mol. The number of fused-ring (bicyclic) bond motifs is 2. The molecule has 2 N–H and O–H groups in total. The molecule has 2 heterocycles.